The van der Waals surface area contributed by atoms with E-state index in [1.807, 2.05) is 42.5 Å². The van der Waals surface area contributed by atoms with E-state index in [9.17, 15) is 14.4 Å². The molecule has 1 N–H and O–H groups in total. The molecule has 6 rings (SSSR count). The van der Waals surface area contributed by atoms with Gasteiger partial charge in [0.1, 0.15) is 11.1 Å². The molecule has 2 aliphatic carbocycles. The van der Waals surface area contributed by atoms with Gasteiger partial charge in [-0.2, -0.15) is 0 Å². The first kappa shape index (κ1) is 24.1. The SMILES string of the molecule is CC12CCC(C(=O)Nc3cccc4ccccc34)(CC1=NOC(=O)c1cc3ccccc3oc1=O)C2(C)C. The first-order chi connectivity index (χ1) is 18.2. The van der Waals surface area contributed by atoms with Gasteiger partial charge in [0.2, 0.25) is 5.91 Å². The second-order valence-corrected chi connectivity index (χ2v) is 11.1. The van der Waals surface area contributed by atoms with Crippen molar-refractivity contribution in [3.63, 3.8) is 0 Å². The maximum atomic E-state index is 13.9. The van der Waals surface area contributed by atoms with Gasteiger partial charge < -0.3 is 14.6 Å². The average Bonchev–Trinajstić information content (AvgIpc) is 3.22. The lowest BCUT2D eigenvalue weighted by molar-refractivity contribution is -0.130. The van der Waals surface area contributed by atoms with Crippen LogP contribution in [-0.2, 0) is 9.63 Å². The van der Waals surface area contributed by atoms with Gasteiger partial charge in [-0.1, -0.05) is 80.5 Å². The smallest absolute Gasteiger partial charge is 0.373 e. The zero-order chi connectivity index (χ0) is 26.7. The molecule has 2 aliphatic rings. The van der Waals surface area contributed by atoms with E-state index in [1.165, 1.54) is 6.07 Å². The summed E-state index contributed by atoms with van der Waals surface area (Å²) in [6.07, 6.45) is 1.80. The third-order valence-corrected chi connectivity index (χ3v) is 9.31. The lowest BCUT2D eigenvalue weighted by Gasteiger charge is -2.39. The molecule has 7 nitrogen and oxygen atoms in total. The molecule has 38 heavy (non-hydrogen) atoms. The van der Waals surface area contributed by atoms with Crippen molar-refractivity contribution < 1.29 is 18.8 Å². The maximum absolute atomic E-state index is 13.9. The van der Waals surface area contributed by atoms with Crippen molar-refractivity contribution >= 4 is 45.0 Å². The van der Waals surface area contributed by atoms with E-state index in [0.29, 0.717) is 29.5 Å². The Labute approximate surface area is 219 Å². The number of para-hydroxylation sites is 1. The van der Waals surface area contributed by atoms with E-state index in [2.05, 4.69) is 31.2 Å². The summed E-state index contributed by atoms with van der Waals surface area (Å²) in [5, 5.41) is 10.1. The number of rotatable bonds is 4. The standard InChI is InChI=1S/C31H28N2O5/c1-29(2)30(3)15-16-31(29,28(36)32-23-13-8-11-19-9-4-6-12-21(19)23)18-25(30)33-38-27(35)22-17-20-10-5-7-14-24(20)37-26(22)34/h4-14,17H,15-16,18H2,1-3H3,(H,32,36). The molecule has 0 radical (unpaired) electrons. The molecule has 192 valence electrons. The molecule has 1 heterocycles. The largest absolute Gasteiger partial charge is 0.422 e. The Balaban J connectivity index is 1.29. The van der Waals surface area contributed by atoms with Crippen molar-refractivity contribution in [2.75, 3.05) is 5.32 Å². The van der Waals surface area contributed by atoms with Crippen molar-refractivity contribution in [2.45, 2.75) is 40.0 Å². The average molecular weight is 509 g/mol. The molecule has 0 aliphatic heterocycles. The first-order valence-corrected chi connectivity index (χ1v) is 12.8. The highest BCUT2D eigenvalue weighted by Gasteiger charge is 2.71. The quantitative estimate of drug-likeness (QED) is 0.198. The zero-order valence-corrected chi connectivity index (χ0v) is 21.5. The lowest BCUT2D eigenvalue weighted by Crippen LogP contribution is -2.43. The van der Waals surface area contributed by atoms with Crippen molar-refractivity contribution in [3.05, 3.63) is 88.8 Å². The van der Waals surface area contributed by atoms with Gasteiger partial charge in [-0.15, -0.1) is 0 Å². The lowest BCUT2D eigenvalue weighted by atomic mass is 9.64. The fourth-order valence-corrected chi connectivity index (χ4v) is 6.45. The zero-order valence-electron chi connectivity index (χ0n) is 21.5. The molecule has 0 saturated heterocycles. The van der Waals surface area contributed by atoms with Crippen molar-refractivity contribution in [1.29, 1.82) is 0 Å². The van der Waals surface area contributed by atoms with Crippen molar-refractivity contribution in [2.24, 2.45) is 21.4 Å². The second-order valence-electron chi connectivity index (χ2n) is 11.1. The number of fused-ring (bicyclic) bond motifs is 4. The molecule has 2 bridgehead atoms. The van der Waals surface area contributed by atoms with Crippen LogP contribution >= 0.6 is 0 Å². The van der Waals surface area contributed by atoms with Crippen LogP contribution in [0.4, 0.5) is 5.69 Å². The van der Waals surface area contributed by atoms with Crippen LogP contribution in [0.15, 0.2) is 87.2 Å². The van der Waals surface area contributed by atoms with Crippen LogP contribution < -0.4 is 10.9 Å². The summed E-state index contributed by atoms with van der Waals surface area (Å²) >= 11 is 0. The highest BCUT2D eigenvalue weighted by atomic mass is 16.7. The minimum Gasteiger partial charge on any atom is -0.422 e. The van der Waals surface area contributed by atoms with Crippen LogP contribution in [-0.4, -0.2) is 17.6 Å². The topological polar surface area (TPSA) is 98.0 Å². The highest BCUT2D eigenvalue weighted by Crippen LogP contribution is 2.71. The van der Waals surface area contributed by atoms with Crippen LogP contribution in [0.5, 0.6) is 0 Å². The molecule has 2 saturated carbocycles. The Kier molecular flexibility index (Phi) is 5.31. The maximum Gasteiger partial charge on any atom is 0.373 e. The van der Waals surface area contributed by atoms with Gasteiger partial charge >= 0.3 is 11.6 Å². The fraction of sp³-hybridized carbons (Fsp3) is 0.290. The summed E-state index contributed by atoms with van der Waals surface area (Å²) < 4.78 is 5.26. The normalized spacial score (nSPS) is 24.7. The van der Waals surface area contributed by atoms with Crippen LogP contribution in [0.1, 0.15) is 50.4 Å². The van der Waals surface area contributed by atoms with Crippen LogP contribution in [0.25, 0.3) is 21.7 Å². The van der Waals surface area contributed by atoms with E-state index in [4.69, 9.17) is 9.25 Å². The summed E-state index contributed by atoms with van der Waals surface area (Å²) in [5.74, 6) is -0.940. The number of amides is 1. The van der Waals surface area contributed by atoms with Gasteiger partial charge in [0.05, 0.1) is 11.1 Å². The van der Waals surface area contributed by atoms with E-state index < -0.39 is 27.8 Å². The predicted molar refractivity (Wildman–Crippen MR) is 146 cm³/mol. The molecule has 3 aromatic carbocycles. The molecule has 4 aromatic rings. The number of carbonyl (C=O) groups excluding carboxylic acids is 2. The van der Waals surface area contributed by atoms with Gasteiger partial charge in [-0.25, -0.2) is 9.59 Å². The van der Waals surface area contributed by atoms with Crippen molar-refractivity contribution in [3.8, 4) is 0 Å². The minimum atomic E-state index is -0.879. The van der Waals surface area contributed by atoms with Gasteiger partial charge in [0.15, 0.2) is 0 Å². The first-order valence-electron chi connectivity index (χ1n) is 12.8. The Bertz CT molecular complexity index is 1710. The van der Waals surface area contributed by atoms with Gasteiger partial charge in [-0.05, 0) is 41.8 Å². The molecule has 1 amide bonds. The fourth-order valence-electron chi connectivity index (χ4n) is 6.45. The van der Waals surface area contributed by atoms with E-state index in [-0.39, 0.29) is 11.5 Å². The van der Waals surface area contributed by atoms with E-state index in [0.717, 1.165) is 22.9 Å². The Morgan fingerprint density at radius 3 is 2.45 bits per heavy atom. The number of oxime groups is 1. The highest BCUT2D eigenvalue weighted by molar-refractivity contribution is 6.09. The van der Waals surface area contributed by atoms with Crippen LogP contribution in [0.3, 0.4) is 0 Å². The Morgan fingerprint density at radius 1 is 0.921 bits per heavy atom. The van der Waals surface area contributed by atoms with Gasteiger partial charge in [0, 0.05) is 28.3 Å². The number of hydrogen-bond donors (Lipinski definition) is 1. The number of nitrogens with zero attached hydrogens (tertiary/aromatic N) is 1. The minimum absolute atomic E-state index is 0.0609. The van der Waals surface area contributed by atoms with E-state index >= 15 is 0 Å². The Morgan fingerprint density at radius 2 is 1.63 bits per heavy atom. The number of nitrogens with one attached hydrogen (secondary N) is 1. The summed E-state index contributed by atoms with van der Waals surface area (Å²) in [4.78, 5) is 44.5. The third-order valence-electron chi connectivity index (χ3n) is 9.31. The van der Waals surface area contributed by atoms with Gasteiger partial charge in [-0.3, -0.25) is 4.79 Å². The molecule has 1 aromatic heterocycles. The number of hydrogen-bond acceptors (Lipinski definition) is 6. The Hall–Kier alpha value is -4.26. The molecular formula is C31H28N2O5. The van der Waals surface area contributed by atoms with E-state index in [1.54, 1.807) is 24.3 Å². The van der Waals surface area contributed by atoms with Crippen molar-refractivity contribution in [1.82, 2.24) is 0 Å². The molecule has 2 fully saturated rings. The van der Waals surface area contributed by atoms with Crippen LogP contribution in [0.2, 0.25) is 0 Å². The van der Waals surface area contributed by atoms with Gasteiger partial charge in [0.25, 0.3) is 0 Å². The monoisotopic (exact) mass is 508 g/mol. The molecule has 7 heteroatoms. The molecular weight excluding hydrogens is 480 g/mol. The summed E-state index contributed by atoms with van der Waals surface area (Å²) in [6, 6.07) is 22.2. The summed E-state index contributed by atoms with van der Waals surface area (Å²) in [7, 11) is 0. The number of anilines is 1. The molecule has 2 unspecified atom stereocenters. The molecule has 2 atom stereocenters. The predicted octanol–water partition coefficient (Wildman–Crippen LogP) is 6.31. The summed E-state index contributed by atoms with van der Waals surface area (Å²) in [5.41, 5.74) is -0.789. The van der Waals surface area contributed by atoms with Crippen LogP contribution in [0, 0.1) is 16.2 Å². The molecule has 0 spiro atoms. The number of carbonyl (C=O) groups is 2. The second kappa shape index (κ2) is 8.38. The summed E-state index contributed by atoms with van der Waals surface area (Å²) in [6.45, 7) is 6.25. The third kappa shape index (κ3) is 3.34. The number of benzene rings is 3.